The fourth-order valence-corrected chi connectivity index (χ4v) is 6.55. The molecule has 4 rings (SSSR count). The molecule has 1 saturated heterocycles. The maximum atomic E-state index is 12.4. The lowest BCUT2D eigenvalue weighted by atomic mass is 10.1. The monoisotopic (exact) mass is 513 g/mol. The zero-order valence-corrected chi connectivity index (χ0v) is 19.1. The molecule has 2 aromatic rings. The normalized spacial score (nSPS) is 22.3. The topological polar surface area (TPSA) is 78.8 Å². The molecule has 1 N–H and O–H groups in total. The molecule has 2 atom stereocenters. The predicted molar refractivity (Wildman–Crippen MR) is 123 cm³/mol. The lowest BCUT2D eigenvalue weighted by molar-refractivity contribution is -0.113. The van der Waals surface area contributed by atoms with E-state index in [0.717, 1.165) is 10.2 Å². The molecule has 0 aromatic heterocycles. The summed E-state index contributed by atoms with van der Waals surface area (Å²) in [5.74, 6) is 0.113. The third-order valence-electron chi connectivity index (χ3n) is 4.67. The number of benzene rings is 2. The number of sulfone groups is 1. The van der Waals surface area contributed by atoms with Crippen LogP contribution in [0.1, 0.15) is 0 Å². The van der Waals surface area contributed by atoms with Crippen LogP contribution in [0.2, 0.25) is 5.02 Å². The van der Waals surface area contributed by atoms with Gasteiger partial charge in [-0.15, -0.1) is 0 Å². The van der Waals surface area contributed by atoms with Gasteiger partial charge in [-0.1, -0.05) is 39.3 Å². The summed E-state index contributed by atoms with van der Waals surface area (Å²) in [6.07, 6.45) is 0. The molecular formula is C19H17BrClN3O3S2. The van der Waals surface area contributed by atoms with Gasteiger partial charge in [-0.05, 0) is 48.5 Å². The van der Waals surface area contributed by atoms with Crippen molar-refractivity contribution < 1.29 is 13.2 Å². The van der Waals surface area contributed by atoms with E-state index in [0.29, 0.717) is 15.9 Å². The number of amidine groups is 1. The van der Waals surface area contributed by atoms with Crippen molar-refractivity contribution in [3.8, 4) is 0 Å². The Morgan fingerprint density at radius 1 is 1.17 bits per heavy atom. The fraction of sp³-hybridized carbons (Fsp3) is 0.263. The van der Waals surface area contributed by atoms with Crippen molar-refractivity contribution in [3.05, 3.63) is 58.0 Å². The Labute approximate surface area is 186 Å². The summed E-state index contributed by atoms with van der Waals surface area (Å²) in [5, 5.41) is 4.11. The molecule has 2 aliphatic heterocycles. The van der Waals surface area contributed by atoms with E-state index in [4.69, 9.17) is 11.6 Å². The second kappa shape index (κ2) is 8.29. The molecule has 0 radical (unpaired) electrons. The minimum absolute atomic E-state index is 0.0386. The maximum Gasteiger partial charge on any atom is 0.234 e. The van der Waals surface area contributed by atoms with E-state index in [9.17, 15) is 13.2 Å². The van der Waals surface area contributed by atoms with E-state index < -0.39 is 9.84 Å². The lowest BCUT2D eigenvalue weighted by Crippen LogP contribution is -2.39. The van der Waals surface area contributed by atoms with E-state index in [1.54, 1.807) is 12.1 Å². The van der Waals surface area contributed by atoms with E-state index in [1.807, 2.05) is 41.3 Å². The number of aliphatic imine (C=N–C) groups is 1. The van der Waals surface area contributed by atoms with Gasteiger partial charge >= 0.3 is 0 Å². The summed E-state index contributed by atoms with van der Waals surface area (Å²) in [6.45, 7) is 0. The van der Waals surface area contributed by atoms with Crippen molar-refractivity contribution >= 4 is 71.6 Å². The summed E-state index contributed by atoms with van der Waals surface area (Å²) in [6, 6.07) is 14.0. The zero-order valence-electron chi connectivity index (χ0n) is 15.1. The number of nitrogens with one attached hydrogen (secondary N) is 1. The van der Waals surface area contributed by atoms with E-state index in [1.165, 1.54) is 11.8 Å². The quantitative estimate of drug-likeness (QED) is 0.671. The van der Waals surface area contributed by atoms with Gasteiger partial charge in [0.25, 0.3) is 0 Å². The number of rotatable bonds is 4. The Hall–Kier alpha value is -1.55. The molecule has 2 aliphatic rings. The van der Waals surface area contributed by atoms with E-state index in [-0.39, 0.29) is 35.2 Å². The molecule has 0 spiro atoms. The van der Waals surface area contributed by atoms with E-state index >= 15 is 0 Å². The van der Waals surface area contributed by atoms with Crippen molar-refractivity contribution in [2.75, 3.05) is 27.5 Å². The van der Waals surface area contributed by atoms with Gasteiger partial charge in [-0.3, -0.25) is 9.79 Å². The SMILES string of the molecule is O=C(CSC1=NC2CS(=O)(=O)CC2N1c1ccc(Cl)cc1)Nc1ccc(Br)cc1. The van der Waals surface area contributed by atoms with Crippen LogP contribution in [0.5, 0.6) is 0 Å². The van der Waals surface area contributed by atoms with Crippen molar-refractivity contribution in [1.82, 2.24) is 0 Å². The Kier molecular flexibility index (Phi) is 5.92. The number of carbonyl (C=O) groups is 1. The second-order valence-corrected chi connectivity index (χ2v) is 11.3. The first-order valence-corrected chi connectivity index (χ1v) is 12.8. The summed E-state index contributed by atoms with van der Waals surface area (Å²) in [4.78, 5) is 18.9. The number of nitrogens with zero attached hydrogens (tertiary/aromatic N) is 2. The highest BCUT2D eigenvalue weighted by Gasteiger charge is 2.47. The third kappa shape index (κ3) is 4.79. The molecular weight excluding hydrogens is 498 g/mol. The van der Waals surface area contributed by atoms with Gasteiger partial charge in [0.1, 0.15) is 0 Å². The van der Waals surface area contributed by atoms with Gasteiger partial charge in [0.05, 0.1) is 29.3 Å². The van der Waals surface area contributed by atoms with Gasteiger partial charge in [0, 0.05) is 20.9 Å². The number of fused-ring (bicyclic) bond motifs is 1. The number of hydrogen-bond donors (Lipinski definition) is 1. The maximum absolute atomic E-state index is 12.4. The second-order valence-electron chi connectivity index (χ2n) is 6.81. The molecule has 6 nitrogen and oxygen atoms in total. The van der Waals surface area contributed by atoms with Crippen molar-refractivity contribution in [1.29, 1.82) is 0 Å². The van der Waals surface area contributed by atoms with Gasteiger partial charge in [-0.25, -0.2) is 8.42 Å². The van der Waals surface area contributed by atoms with Crippen LogP contribution in [0, 0.1) is 0 Å². The molecule has 2 heterocycles. The van der Waals surface area contributed by atoms with Crippen LogP contribution in [0.4, 0.5) is 11.4 Å². The predicted octanol–water partition coefficient (Wildman–Crippen LogP) is 3.82. The smallest absolute Gasteiger partial charge is 0.234 e. The summed E-state index contributed by atoms with van der Waals surface area (Å²) >= 11 is 10.7. The van der Waals surface area contributed by atoms with Gasteiger partial charge in [0.2, 0.25) is 5.91 Å². The van der Waals surface area contributed by atoms with E-state index in [2.05, 4.69) is 26.2 Å². The molecule has 1 fully saturated rings. The first-order chi connectivity index (χ1) is 13.8. The van der Waals surface area contributed by atoms with Crippen LogP contribution >= 0.6 is 39.3 Å². The summed E-state index contributed by atoms with van der Waals surface area (Å²) < 4.78 is 25.1. The Morgan fingerprint density at radius 3 is 2.55 bits per heavy atom. The van der Waals surface area contributed by atoms with Crippen LogP contribution in [-0.4, -0.2) is 48.8 Å². The average molecular weight is 515 g/mol. The Bertz CT molecular complexity index is 1060. The molecule has 0 saturated carbocycles. The van der Waals surface area contributed by atoms with Crippen LogP contribution in [-0.2, 0) is 14.6 Å². The van der Waals surface area contributed by atoms with Crippen molar-refractivity contribution in [2.24, 2.45) is 4.99 Å². The number of anilines is 2. The Morgan fingerprint density at radius 2 is 1.86 bits per heavy atom. The Balaban J connectivity index is 1.49. The minimum Gasteiger partial charge on any atom is -0.325 e. The lowest BCUT2D eigenvalue weighted by Gasteiger charge is -2.26. The standard InChI is InChI=1S/C19H17BrClN3O3S2/c20-12-1-5-14(6-2-12)22-18(25)9-28-19-23-16-10-29(26,27)11-17(16)24(19)15-7-3-13(21)4-8-15/h1-8,16-17H,9-11H2,(H,22,25). The zero-order chi connectivity index (χ0) is 20.6. The highest BCUT2D eigenvalue weighted by molar-refractivity contribution is 9.10. The highest BCUT2D eigenvalue weighted by atomic mass is 79.9. The number of carbonyl (C=O) groups excluding carboxylic acids is 1. The fourth-order valence-electron chi connectivity index (χ4n) is 3.40. The molecule has 29 heavy (non-hydrogen) atoms. The van der Waals surface area contributed by atoms with Gasteiger partial charge in [-0.2, -0.15) is 0 Å². The van der Waals surface area contributed by atoms with Crippen LogP contribution in [0.3, 0.4) is 0 Å². The molecule has 2 aromatic carbocycles. The largest absolute Gasteiger partial charge is 0.325 e. The minimum atomic E-state index is -3.12. The van der Waals surface area contributed by atoms with Crippen LogP contribution in [0.15, 0.2) is 58.0 Å². The number of halogens is 2. The van der Waals surface area contributed by atoms with Crippen LogP contribution in [0.25, 0.3) is 0 Å². The first-order valence-electron chi connectivity index (χ1n) is 8.82. The van der Waals surface area contributed by atoms with Gasteiger partial charge < -0.3 is 10.2 Å². The third-order valence-corrected chi connectivity index (χ3v) is 8.12. The molecule has 2 unspecified atom stereocenters. The highest BCUT2D eigenvalue weighted by Crippen LogP contribution is 2.35. The van der Waals surface area contributed by atoms with Crippen molar-refractivity contribution in [2.45, 2.75) is 12.1 Å². The first kappa shape index (κ1) is 20.7. The average Bonchev–Trinajstić information content (AvgIpc) is 3.14. The molecule has 0 aliphatic carbocycles. The van der Waals surface area contributed by atoms with Crippen LogP contribution < -0.4 is 10.2 Å². The molecule has 1 amide bonds. The number of hydrogen-bond acceptors (Lipinski definition) is 6. The number of thioether (sulfide) groups is 1. The summed E-state index contributed by atoms with van der Waals surface area (Å²) in [7, 11) is -3.12. The molecule has 0 bridgehead atoms. The summed E-state index contributed by atoms with van der Waals surface area (Å²) in [5.41, 5.74) is 1.53. The van der Waals surface area contributed by atoms with Gasteiger partial charge in [0.15, 0.2) is 15.0 Å². The molecule has 152 valence electrons. The number of amides is 1. The molecule has 10 heteroatoms. The van der Waals surface area contributed by atoms with Crippen molar-refractivity contribution in [3.63, 3.8) is 0 Å².